The van der Waals surface area contributed by atoms with Crippen molar-refractivity contribution in [3.05, 3.63) is 0 Å². The van der Waals surface area contributed by atoms with Crippen LogP contribution in [0.5, 0.6) is 0 Å². The Bertz CT molecular complexity index is 98.0. The Kier molecular flexibility index (Phi) is 6.39. The second kappa shape index (κ2) is 6.44. The number of hydrogen-bond acceptors (Lipinski definition) is 2. The van der Waals surface area contributed by atoms with Gasteiger partial charge in [0.2, 0.25) is 0 Å². The molecule has 1 unspecified atom stereocenters. The summed E-state index contributed by atoms with van der Waals surface area (Å²) in [6.45, 7) is 9.85. The lowest BCUT2D eigenvalue weighted by Crippen LogP contribution is -2.32. The lowest BCUT2D eigenvalue weighted by atomic mass is 10.1. The molecule has 1 atom stereocenters. The largest absolute Gasteiger partial charge is 0.330 e. The Morgan fingerprint density at radius 3 is 2.17 bits per heavy atom. The normalized spacial score (nSPS) is 14.2. The quantitative estimate of drug-likeness (QED) is 0.659. The third-order valence-corrected chi connectivity index (χ3v) is 2.16. The molecule has 0 aliphatic rings. The summed E-state index contributed by atoms with van der Waals surface area (Å²) in [6.07, 6.45) is 1.19. The van der Waals surface area contributed by atoms with Gasteiger partial charge >= 0.3 is 0 Å². The van der Waals surface area contributed by atoms with E-state index in [1.807, 2.05) is 0 Å². The predicted octanol–water partition coefficient (Wildman–Crippen LogP) is 1.56. The SMILES string of the molecule is CCC(CN)CN(C)CC(C)C. The summed E-state index contributed by atoms with van der Waals surface area (Å²) in [5.74, 6) is 1.43. The number of hydrogen-bond donors (Lipinski definition) is 1. The fraction of sp³-hybridized carbons (Fsp3) is 1.00. The van der Waals surface area contributed by atoms with Gasteiger partial charge in [-0.15, -0.1) is 0 Å². The van der Waals surface area contributed by atoms with Gasteiger partial charge in [0.25, 0.3) is 0 Å². The van der Waals surface area contributed by atoms with Crippen LogP contribution in [0.4, 0.5) is 0 Å². The molecule has 74 valence electrons. The van der Waals surface area contributed by atoms with Crippen LogP contribution in [-0.2, 0) is 0 Å². The van der Waals surface area contributed by atoms with Crippen LogP contribution in [0.1, 0.15) is 27.2 Å². The van der Waals surface area contributed by atoms with Gasteiger partial charge < -0.3 is 10.6 Å². The molecule has 0 fully saturated rings. The summed E-state index contributed by atoms with van der Waals surface area (Å²) in [4.78, 5) is 2.38. The molecule has 0 amide bonds. The summed E-state index contributed by atoms with van der Waals surface area (Å²) < 4.78 is 0. The number of rotatable bonds is 6. The van der Waals surface area contributed by atoms with Gasteiger partial charge in [-0.2, -0.15) is 0 Å². The molecular weight excluding hydrogens is 148 g/mol. The maximum Gasteiger partial charge on any atom is 0.00187 e. The highest BCUT2D eigenvalue weighted by molar-refractivity contribution is 4.63. The third kappa shape index (κ3) is 5.56. The van der Waals surface area contributed by atoms with Crippen LogP contribution in [0, 0.1) is 11.8 Å². The fourth-order valence-electron chi connectivity index (χ4n) is 1.51. The van der Waals surface area contributed by atoms with E-state index in [1.54, 1.807) is 0 Å². The second-order valence-electron chi connectivity index (χ2n) is 4.13. The van der Waals surface area contributed by atoms with Crippen molar-refractivity contribution in [3.8, 4) is 0 Å². The minimum absolute atomic E-state index is 0.675. The van der Waals surface area contributed by atoms with Crippen LogP contribution in [0.15, 0.2) is 0 Å². The highest BCUT2D eigenvalue weighted by Gasteiger charge is 2.08. The molecule has 0 spiro atoms. The summed E-state index contributed by atoms with van der Waals surface area (Å²) >= 11 is 0. The summed E-state index contributed by atoms with van der Waals surface area (Å²) in [5, 5.41) is 0. The molecule has 0 aromatic rings. The molecule has 0 saturated heterocycles. The standard InChI is InChI=1S/C10H24N2/c1-5-10(6-11)8-12(4)7-9(2)3/h9-10H,5-8,11H2,1-4H3. The van der Waals surface area contributed by atoms with Crippen molar-refractivity contribution in [2.24, 2.45) is 17.6 Å². The maximum absolute atomic E-state index is 5.64. The number of nitrogens with zero attached hydrogens (tertiary/aromatic N) is 1. The van der Waals surface area contributed by atoms with E-state index in [-0.39, 0.29) is 0 Å². The first-order chi connectivity index (χ1) is 5.60. The van der Waals surface area contributed by atoms with Gasteiger partial charge in [0.15, 0.2) is 0 Å². The topological polar surface area (TPSA) is 29.3 Å². The molecule has 2 heteroatoms. The van der Waals surface area contributed by atoms with Crippen molar-refractivity contribution in [2.75, 3.05) is 26.7 Å². The highest BCUT2D eigenvalue weighted by atomic mass is 15.1. The van der Waals surface area contributed by atoms with Gasteiger partial charge in [-0.3, -0.25) is 0 Å². The Labute approximate surface area is 77.1 Å². The predicted molar refractivity (Wildman–Crippen MR) is 55.2 cm³/mol. The maximum atomic E-state index is 5.64. The highest BCUT2D eigenvalue weighted by Crippen LogP contribution is 2.04. The van der Waals surface area contributed by atoms with E-state index in [0.717, 1.165) is 19.0 Å². The third-order valence-electron chi connectivity index (χ3n) is 2.16. The van der Waals surface area contributed by atoms with Crippen molar-refractivity contribution < 1.29 is 0 Å². The minimum atomic E-state index is 0.675. The first-order valence-corrected chi connectivity index (χ1v) is 4.98. The van der Waals surface area contributed by atoms with E-state index in [1.165, 1.54) is 13.0 Å². The van der Waals surface area contributed by atoms with E-state index in [2.05, 4.69) is 32.7 Å². The van der Waals surface area contributed by atoms with E-state index >= 15 is 0 Å². The van der Waals surface area contributed by atoms with E-state index in [4.69, 9.17) is 5.73 Å². The van der Waals surface area contributed by atoms with E-state index < -0.39 is 0 Å². The van der Waals surface area contributed by atoms with Crippen LogP contribution in [0.3, 0.4) is 0 Å². The summed E-state index contributed by atoms with van der Waals surface area (Å²) in [6, 6.07) is 0. The molecule has 0 aromatic heterocycles. The Hall–Kier alpha value is -0.0800. The zero-order valence-electron chi connectivity index (χ0n) is 9.01. The molecule has 0 aromatic carbocycles. The monoisotopic (exact) mass is 172 g/mol. The first-order valence-electron chi connectivity index (χ1n) is 4.98. The zero-order chi connectivity index (χ0) is 9.56. The minimum Gasteiger partial charge on any atom is -0.330 e. The summed E-state index contributed by atoms with van der Waals surface area (Å²) in [7, 11) is 2.18. The number of nitrogens with two attached hydrogens (primary N) is 1. The molecule has 2 N–H and O–H groups in total. The van der Waals surface area contributed by atoms with Crippen LogP contribution in [-0.4, -0.2) is 31.6 Å². The zero-order valence-corrected chi connectivity index (χ0v) is 9.01. The Morgan fingerprint density at radius 1 is 1.25 bits per heavy atom. The van der Waals surface area contributed by atoms with Crippen molar-refractivity contribution in [2.45, 2.75) is 27.2 Å². The average Bonchev–Trinajstić information content (AvgIpc) is 1.98. The van der Waals surface area contributed by atoms with Crippen LogP contribution >= 0.6 is 0 Å². The van der Waals surface area contributed by atoms with Crippen LogP contribution in [0.25, 0.3) is 0 Å². The molecular formula is C10H24N2. The second-order valence-corrected chi connectivity index (χ2v) is 4.13. The van der Waals surface area contributed by atoms with Gasteiger partial charge in [-0.25, -0.2) is 0 Å². The van der Waals surface area contributed by atoms with Crippen LogP contribution in [0.2, 0.25) is 0 Å². The molecule has 0 saturated carbocycles. The smallest absolute Gasteiger partial charge is 0.00187 e. The molecule has 0 aliphatic heterocycles. The molecule has 0 rings (SSSR count). The average molecular weight is 172 g/mol. The Balaban J connectivity index is 3.58. The molecule has 12 heavy (non-hydrogen) atoms. The molecule has 2 nitrogen and oxygen atoms in total. The van der Waals surface area contributed by atoms with Crippen molar-refractivity contribution in [3.63, 3.8) is 0 Å². The van der Waals surface area contributed by atoms with Gasteiger partial charge in [-0.05, 0) is 25.4 Å². The lowest BCUT2D eigenvalue weighted by Gasteiger charge is -2.23. The Morgan fingerprint density at radius 2 is 1.83 bits per heavy atom. The molecule has 0 heterocycles. The van der Waals surface area contributed by atoms with Gasteiger partial charge in [0.05, 0.1) is 0 Å². The van der Waals surface area contributed by atoms with Crippen molar-refractivity contribution in [1.29, 1.82) is 0 Å². The van der Waals surface area contributed by atoms with Gasteiger partial charge in [-0.1, -0.05) is 27.2 Å². The van der Waals surface area contributed by atoms with E-state index in [0.29, 0.717) is 5.92 Å². The van der Waals surface area contributed by atoms with Crippen molar-refractivity contribution >= 4 is 0 Å². The molecule has 0 bridgehead atoms. The molecule has 0 radical (unpaired) electrons. The van der Waals surface area contributed by atoms with E-state index in [9.17, 15) is 0 Å². The van der Waals surface area contributed by atoms with Gasteiger partial charge in [0.1, 0.15) is 0 Å². The van der Waals surface area contributed by atoms with Crippen molar-refractivity contribution in [1.82, 2.24) is 4.90 Å². The summed E-state index contributed by atoms with van der Waals surface area (Å²) in [5.41, 5.74) is 5.64. The fourth-order valence-corrected chi connectivity index (χ4v) is 1.51. The lowest BCUT2D eigenvalue weighted by molar-refractivity contribution is 0.249. The first kappa shape index (κ1) is 11.9. The molecule has 0 aliphatic carbocycles. The van der Waals surface area contributed by atoms with Gasteiger partial charge in [0, 0.05) is 13.1 Å². The van der Waals surface area contributed by atoms with Crippen LogP contribution < -0.4 is 5.73 Å².